The Morgan fingerprint density at radius 1 is 0.395 bits per heavy atom. The van der Waals surface area contributed by atoms with Crippen molar-refractivity contribution < 1.29 is 42.9 Å². The van der Waals surface area contributed by atoms with Crippen LogP contribution in [0.4, 0.5) is 0 Å². The number of nitrogens with zero attached hydrogens (tertiary/aromatic N) is 1. The van der Waals surface area contributed by atoms with E-state index in [-0.39, 0.29) is 32.2 Å². The Kier molecular flexibility index (Phi) is 56.7. The van der Waals surface area contributed by atoms with Crippen molar-refractivity contribution in [2.24, 2.45) is 0 Å². The molecule has 2 unspecified atom stereocenters. The fourth-order valence-electron chi connectivity index (χ4n) is 9.61. The molecule has 0 aliphatic carbocycles. The lowest BCUT2D eigenvalue weighted by Crippen LogP contribution is -2.44. The summed E-state index contributed by atoms with van der Waals surface area (Å²) in [6.07, 6.45) is 69.3. The van der Waals surface area contributed by atoms with Gasteiger partial charge in [0.15, 0.2) is 12.4 Å². The number of unbranched alkanes of at least 4 members (excludes halogenated alkanes) is 40. The van der Waals surface area contributed by atoms with Crippen LogP contribution >= 0.6 is 0 Å². The summed E-state index contributed by atoms with van der Waals surface area (Å²) in [4.78, 5) is 37.4. The molecular formula is C67H125NO8. The maximum atomic E-state index is 12.9. The molecule has 9 heteroatoms. The Labute approximate surface area is 470 Å². The van der Waals surface area contributed by atoms with Gasteiger partial charge in [-0.2, -0.15) is 0 Å². The summed E-state index contributed by atoms with van der Waals surface area (Å²) in [7, 11) is 5.93. The second kappa shape index (κ2) is 58.7. The van der Waals surface area contributed by atoms with Crippen LogP contribution in [0, 0.1) is 0 Å². The van der Waals surface area contributed by atoms with Gasteiger partial charge in [0.2, 0.25) is 0 Å². The van der Waals surface area contributed by atoms with Crippen LogP contribution in [-0.4, -0.2) is 82.3 Å². The molecular weight excluding hydrogens is 947 g/mol. The number of carboxylic acid groups (broad SMARTS) is 1. The highest BCUT2D eigenvalue weighted by Gasteiger charge is 2.22. The number of aliphatic carboxylic acids is 1. The van der Waals surface area contributed by atoms with E-state index < -0.39 is 24.3 Å². The minimum absolute atomic E-state index is 0.147. The van der Waals surface area contributed by atoms with Crippen LogP contribution in [0.1, 0.15) is 316 Å². The smallest absolute Gasteiger partial charge is 0.306 e. The monoisotopic (exact) mass is 1070 g/mol. The molecule has 0 aromatic heterocycles. The van der Waals surface area contributed by atoms with Gasteiger partial charge in [0.1, 0.15) is 13.2 Å². The van der Waals surface area contributed by atoms with Crippen molar-refractivity contribution in [1.82, 2.24) is 0 Å². The highest BCUT2D eigenvalue weighted by atomic mass is 16.7. The molecule has 0 amide bonds. The largest absolute Gasteiger partial charge is 0.545 e. The molecule has 0 saturated carbocycles. The van der Waals surface area contributed by atoms with Gasteiger partial charge in [-0.1, -0.05) is 288 Å². The molecule has 0 fully saturated rings. The summed E-state index contributed by atoms with van der Waals surface area (Å²) < 4.78 is 22.8. The number of hydrogen-bond donors (Lipinski definition) is 0. The number of esters is 2. The van der Waals surface area contributed by atoms with Crippen LogP contribution in [0.25, 0.3) is 0 Å². The van der Waals surface area contributed by atoms with E-state index in [9.17, 15) is 19.5 Å². The van der Waals surface area contributed by atoms with Crippen molar-refractivity contribution >= 4 is 17.9 Å². The molecule has 9 nitrogen and oxygen atoms in total. The van der Waals surface area contributed by atoms with Crippen LogP contribution < -0.4 is 5.11 Å². The van der Waals surface area contributed by atoms with Gasteiger partial charge in [0, 0.05) is 12.8 Å². The lowest BCUT2D eigenvalue weighted by Gasteiger charge is -2.26. The molecule has 0 aliphatic rings. The number of allylic oxidation sites excluding steroid dienone is 6. The second-order valence-electron chi connectivity index (χ2n) is 23.4. The third-order valence-electron chi connectivity index (χ3n) is 14.6. The standard InChI is InChI=1S/C67H125NO8/c1-6-8-10-12-14-16-18-20-22-24-26-28-30-31-32-33-34-36-37-39-41-43-45-47-49-51-53-55-57-64(69)74-61-63(62-75-67(66(71)72)73-60-59-68(3,4)5)76-65(70)58-56-54-52-50-48-46-44-42-40-38-35-29-27-25-23-21-19-17-15-13-11-9-7-2/h19,21,25,27,35,38,63,67H,6-18,20,22-24,26,28-34,36-37,39-62H2,1-5H3/b21-19-,27-25-,38-35-. The predicted molar refractivity (Wildman–Crippen MR) is 320 cm³/mol. The van der Waals surface area contributed by atoms with Crippen LogP contribution in [0.2, 0.25) is 0 Å². The van der Waals surface area contributed by atoms with Crippen molar-refractivity contribution in [2.45, 2.75) is 328 Å². The molecule has 0 aromatic rings. The van der Waals surface area contributed by atoms with Gasteiger partial charge in [-0.05, 0) is 51.4 Å². The summed E-state index contributed by atoms with van der Waals surface area (Å²) in [5.74, 6) is -2.27. The molecule has 0 bridgehead atoms. The van der Waals surface area contributed by atoms with E-state index >= 15 is 0 Å². The van der Waals surface area contributed by atoms with Crippen LogP contribution in [0.5, 0.6) is 0 Å². The van der Waals surface area contributed by atoms with Crippen molar-refractivity contribution in [3.63, 3.8) is 0 Å². The van der Waals surface area contributed by atoms with Crippen LogP contribution in [0.15, 0.2) is 36.5 Å². The number of hydrogen-bond acceptors (Lipinski definition) is 8. The van der Waals surface area contributed by atoms with Crippen molar-refractivity contribution in [2.75, 3.05) is 47.5 Å². The van der Waals surface area contributed by atoms with Gasteiger partial charge in [-0.15, -0.1) is 0 Å². The topological polar surface area (TPSA) is 111 Å². The first-order chi connectivity index (χ1) is 37.1. The van der Waals surface area contributed by atoms with Crippen molar-refractivity contribution in [3.05, 3.63) is 36.5 Å². The number of ether oxygens (including phenoxy) is 4. The molecule has 2 atom stereocenters. The van der Waals surface area contributed by atoms with E-state index in [4.69, 9.17) is 18.9 Å². The first kappa shape index (κ1) is 73.5. The van der Waals surface area contributed by atoms with E-state index in [2.05, 4.69) is 50.3 Å². The Hall–Kier alpha value is -2.49. The Balaban J connectivity index is 4.14. The molecule has 0 N–H and O–H groups in total. The van der Waals surface area contributed by atoms with Gasteiger partial charge < -0.3 is 33.3 Å². The quantitative estimate of drug-likeness (QED) is 0.0195. The van der Waals surface area contributed by atoms with Crippen molar-refractivity contribution in [1.29, 1.82) is 0 Å². The highest BCUT2D eigenvalue weighted by Crippen LogP contribution is 2.18. The lowest BCUT2D eigenvalue weighted by atomic mass is 10.0. The molecule has 0 spiro atoms. The number of carbonyl (C=O) groups is 3. The fraction of sp³-hybridized carbons (Fsp3) is 0.866. The van der Waals surface area contributed by atoms with E-state index in [0.29, 0.717) is 23.9 Å². The van der Waals surface area contributed by atoms with Crippen LogP contribution in [0.3, 0.4) is 0 Å². The average Bonchev–Trinajstić information content (AvgIpc) is 3.39. The Morgan fingerprint density at radius 2 is 0.711 bits per heavy atom. The second-order valence-corrected chi connectivity index (χ2v) is 23.4. The van der Waals surface area contributed by atoms with Crippen molar-refractivity contribution in [3.8, 4) is 0 Å². The Morgan fingerprint density at radius 3 is 1.05 bits per heavy atom. The van der Waals surface area contributed by atoms with E-state index in [1.54, 1.807) is 0 Å². The molecule has 446 valence electrons. The number of carboxylic acids is 1. The third kappa shape index (κ3) is 59.2. The average molecular weight is 1070 g/mol. The SMILES string of the molecule is CCCCCCC/C=C\C/C=C\C/C=C\CCCCCCCCCCC(=O)OC(COC(=O)CCCCCCCCCCCCCCCCCCCCCCCCCCCCCC)COC(OCC[N+](C)(C)C)C(=O)[O-]. The molecule has 0 radical (unpaired) electrons. The normalized spacial score (nSPS) is 12.9. The molecule has 0 aliphatic heterocycles. The summed E-state index contributed by atoms with van der Waals surface area (Å²) >= 11 is 0. The third-order valence-corrected chi connectivity index (χ3v) is 14.6. The Bertz CT molecular complexity index is 1340. The number of rotatable bonds is 61. The maximum Gasteiger partial charge on any atom is 0.306 e. The fourth-order valence-corrected chi connectivity index (χ4v) is 9.61. The first-order valence-electron chi connectivity index (χ1n) is 32.6. The summed E-state index contributed by atoms with van der Waals surface area (Å²) in [6, 6.07) is 0. The van der Waals surface area contributed by atoms with Gasteiger partial charge in [-0.25, -0.2) is 0 Å². The summed E-state index contributed by atoms with van der Waals surface area (Å²) in [5.41, 5.74) is 0. The van der Waals surface area contributed by atoms with Gasteiger partial charge in [-0.3, -0.25) is 9.59 Å². The van der Waals surface area contributed by atoms with Gasteiger partial charge in [0.25, 0.3) is 0 Å². The van der Waals surface area contributed by atoms with Crippen LogP contribution in [-0.2, 0) is 33.3 Å². The zero-order valence-electron chi connectivity index (χ0n) is 50.9. The molecule has 76 heavy (non-hydrogen) atoms. The van der Waals surface area contributed by atoms with E-state index in [0.717, 1.165) is 57.8 Å². The highest BCUT2D eigenvalue weighted by molar-refractivity contribution is 5.70. The first-order valence-corrected chi connectivity index (χ1v) is 32.6. The molecule has 0 heterocycles. The summed E-state index contributed by atoms with van der Waals surface area (Å²) in [6.45, 7) is 4.78. The zero-order chi connectivity index (χ0) is 55.5. The zero-order valence-corrected chi connectivity index (χ0v) is 50.9. The molecule has 0 aromatic carbocycles. The maximum absolute atomic E-state index is 12.9. The number of carbonyl (C=O) groups excluding carboxylic acids is 3. The van der Waals surface area contributed by atoms with Gasteiger partial charge >= 0.3 is 11.9 Å². The van der Waals surface area contributed by atoms with E-state index in [1.807, 2.05) is 21.1 Å². The number of quaternary nitrogens is 1. The lowest BCUT2D eigenvalue weighted by molar-refractivity contribution is -0.870. The molecule has 0 rings (SSSR count). The van der Waals surface area contributed by atoms with Gasteiger partial charge in [0.05, 0.1) is 40.3 Å². The number of likely N-dealkylation sites (N-methyl/N-ethyl adjacent to an activating group) is 1. The molecule has 0 saturated heterocycles. The van der Waals surface area contributed by atoms with E-state index in [1.165, 1.54) is 225 Å². The minimum Gasteiger partial charge on any atom is -0.545 e. The minimum atomic E-state index is -1.62. The summed E-state index contributed by atoms with van der Waals surface area (Å²) in [5, 5.41) is 11.8. The predicted octanol–water partition coefficient (Wildman–Crippen LogP) is 18.3.